The minimum atomic E-state index is -0.293. The second kappa shape index (κ2) is 8.22. The van der Waals surface area contributed by atoms with Crippen LogP contribution in [0.1, 0.15) is 15.2 Å². The average Bonchev–Trinajstić information content (AvgIpc) is 3.12. The number of aryl methyl sites for hydroxylation is 1. The number of hydrogen-bond donors (Lipinski definition) is 3. The SMILES string of the molecule is Cc1cc(Nc2c(C(=O)NC3CNC3)sc3c2ccc(=O)n3-c2ccccc2)ccc1F. The minimum absolute atomic E-state index is 0.0740. The van der Waals surface area contributed by atoms with Crippen molar-refractivity contribution >= 4 is 38.8 Å². The number of thiophene rings is 1. The summed E-state index contributed by atoms with van der Waals surface area (Å²) in [5.74, 6) is -0.495. The quantitative estimate of drug-likeness (QED) is 0.432. The molecule has 5 rings (SSSR count). The molecular formula is C24H21FN4O2S. The number of pyridine rings is 1. The molecule has 0 radical (unpaired) electrons. The molecule has 8 heteroatoms. The minimum Gasteiger partial charge on any atom is -0.354 e. The molecule has 3 heterocycles. The number of aromatic nitrogens is 1. The molecule has 1 amide bonds. The lowest BCUT2D eigenvalue weighted by molar-refractivity contribution is 0.0929. The van der Waals surface area contributed by atoms with Crippen LogP contribution < -0.4 is 21.5 Å². The zero-order valence-electron chi connectivity index (χ0n) is 17.3. The van der Waals surface area contributed by atoms with Gasteiger partial charge in [0.2, 0.25) is 0 Å². The van der Waals surface area contributed by atoms with Crippen LogP contribution in [-0.2, 0) is 0 Å². The number of amides is 1. The van der Waals surface area contributed by atoms with Crippen LogP contribution in [0.2, 0.25) is 0 Å². The van der Waals surface area contributed by atoms with Gasteiger partial charge < -0.3 is 16.0 Å². The lowest BCUT2D eigenvalue weighted by Gasteiger charge is -2.27. The first-order chi connectivity index (χ1) is 15.5. The molecule has 0 bridgehead atoms. The third-order valence-corrected chi connectivity index (χ3v) is 6.70. The molecule has 3 N–H and O–H groups in total. The number of nitrogens with zero attached hydrogens (tertiary/aromatic N) is 1. The van der Waals surface area contributed by atoms with Crippen LogP contribution in [0.15, 0.2) is 65.5 Å². The fourth-order valence-corrected chi connectivity index (χ4v) is 4.87. The van der Waals surface area contributed by atoms with Gasteiger partial charge in [-0.25, -0.2) is 4.39 Å². The lowest BCUT2D eigenvalue weighted by atomic mass is 10.1. The molecule has 162 valence electrons. The van der Waals surface area contributed by atoms with E-state index < -0.39 is 0 Å². The summed E-state index contributed by atoms with van der Waals surface area (Å²) in [5.41, 5.74) is 2.32. The van der Waals surface area contributed by atoms with Gasteiger partial charge in [0.1, 0.15) is 15.5 Å². The van der Waals surface area contributed by atoms with Crippen LogP contribution in [0.3, 0.4) is 0 Å². The molecule has 2 aromatic heterocycles. The van der Waals surface area contributed by atoms with Crippen LogP contribution in [0.4, 0.5) is 15.8 Å². The van der Waals surface area contributed by atoms with Gasteiger partial charge in [0.15, 0.2) is 0 Å². The summed E-state index contributed by atoms with van der Waals surface area (Å²) in [7, 11) is 0. The number of fused-ring (bicyclic) bond motifs is 1. The van der Waals surface area contributed by atoms with Crippen LogP contribution in [0.5, 0.6) is 0 Å². The van der Waals surface area contributed by atoms with E-state index in [2.05, 4.69) is 16.0 Å². The molecule has 1 aliphatic rings. The monoisotopic (exact) mass is 448 g/mol. The molecule has 0 atom stereocenters. The summed E-state index contributed by atoms with van der Waals surface area (Å²) in [5, 5.41) is 10.2. The normalized spacial score (nSPS) is 13.7. The second-order valence-electron chi connectivity index (χ2n) is 7.79. The van der Waals surface area contributed by atoms with E-state index in [1.54, 1.807) is 29.7 Å². The maximum absolute atomic E-state index is 13.8. The largest absolute Gasteiger partial charge is 0.354 e. The fraction of sp³-hybridized carbons (Fsp3) is 0.167. The van der Waals surface area contributed by atoms with Crippen molar-refractivity contribution in [2.75, 3.05) is 18.4 Å². The smallest absolute Gasteiger partial charge is 0.263 e. The lowest BCUT2D eigenvalue weighted by Crippen LogP contribution is -2.56. The van der Waals surface area contributed by atoms with E-state index in [1.807, 2.05) is 30.3 Å². The van der Waals surface area contributed by atoms with Crippen molar-refractivity contribution in [1.82, 2.24) is 15.2 Å². The number of para-hydroxylation sites is 1. The van der Waals surface area contributed by atoms with Gasteiger partial charge in [0.05, 0.1) is 17.4 Å². The number of nitrogens with one attached hydrogen (secondary N) is 3. The van der Waals surface area contributed by atoms with Gasteiger partial charge >= 0.3 is 0 Å². The predicted octanol–water partition coefficient (Wildman–Crippen LogP) is 3.94. The Kier molecular flexibility index (Phi) is 5.24. The number of benzene rings is 2. The van der Waals surface area contributed by atoms with Crippen LogP contribution >= 0.6 is 11.3 Å². The van der Waals surface area contributed by atoms with E-state index in [4.69, 9.17) is 0 Å². The first-order valence-electron chi connectivity index (χ1n) is 10.3. The van der Waals surface area contributed by atoms with Gasteiger partial charge in [0.25, 0.3) is 11.5 Å². The summed E-state index contributed by atoms with van der Waals surface area (Å²) in [6.45, 7) is 3.15. The van der Waals surface area contributed by atoms with Crippen molar-refractivity contribution in [3.8, 4) is 5.69 Å². The maximum atomic E-state index is 13.8. The Bertz CT molecular complexity index is 1380. The van der Waals surface area contributed by atoms with Crippen molar-refractivity contribution in [3.63, 3.8) is 0 Å². The molecule has 0 saturated carbocycles. The highest BCUT2D eigenvalue weighted by atomic mass is 32.1. The Balaban J connectivity index is 1.68. The van der Waals surface area contributed by atoms with Crippen LogP contribution in [0, 0.1) is 12.7 Å². The predicted molar refractivity (Wildman–Crippen MR) is 126 cm³/mol. The summed E-state index contributed by atoms with van der Waals surface area (Å²) in [4.78, 5) is 27.1. The number of rotatable bonds is 5. The zero-order chi connectivity index (χ0) is 22.2. The highest BCUT2D eigenvalue weighted by Crippen LogP contribution is 2.38. The summed E-state index contributed by atoms with van der Waals surface area (Å²) in [6, 6.07) is 17.4. The van der Waals surface area contributed by atoms with E-state index >= 15 is 0 Å². The van der Waals surface area contributed by atoms with Gasteiger partial charge in [-0.1, -0.05) is 18.2 Å². The van der Waals surface area contributed by atoms with E-state index in [9.17, 15) is 14.0 Å². The van der Waals surface area contributed by atoms with Gasteiger partial charge in [-0.15, -0.1) is 11.3 Å². The third kappa shape index (κ3) is 3.68. The topological polar surface area (TPSA) is 75.2 Å². The van der Waals surface area contributed by atoms with Gasteiger partial charge in [0, 0.05) is 30.2 Å². The Morgan fingerprint density at radius 2 is 1.91 bits per heavy atom. The van der Waals surface area contributed by atoms with Crippen LogP contribution in [-0.4, -0.2) is 29.6 Å². The number of anilines is 2. The van der Waals surface area contributed by atoms with Crippen molar-refractivity contribution in [2.45, 2.75) is 13.0 Å². The first kappa shape index (κ1) is 20.4. The number of hydrogen-bond acceptors (Lipinski definition) is 5. The highest BCUT2D eigenvalue weighted by Gasteiger charge is 2.25. The molecule has 6 nitrogen and oxygen atoms in total. The molecule has 32 heavy (non-hydrogen) atoms. The Morgan fingerprint density at radius 3 is 2.59 bits per heavy atom. The van der Waals surface area contributed by atoms with Crippen LogP contribution in [0.25, 0.3) is 15.9 Å². The van der Waals surface area contributed by atoms with Gasteiger partial charge in [-0.2, -0.15) is 0 Å². The summed E-state index contributed by atoms with van der Waals surface area (Å²) in [6.07, 6.45) is 0. The number of carbonyl (C=O) groups is 1. The van der Waals surface area contributed by atoms with E-state index in [1.165, 1.54) is 23.5 Å². The molecule has 0 spiro atoms. The Hall–Kier alpha value is -3.49. The molecular weight excluding hydrogens is 427 g/mol. The molecule has 0 aliphatic carbocycles. The molecule has 1 fully saturated rings. The van der Waals surface area contributed by atoms with Crippen molar-refractivity contribution in [1.29, 1.82) is 0 Å². The van der Waals surface area contributed by atoms with E-state index in [0.29, 0.717) is 26.6 Å². The zero-order valence-corrected chi connectivity index (χ0v) is 18.1. The molecule has 1 saturated heterocycles. The summed E-state index contributed by atoms with van der Waals surface area (Å²) < 4.78 is 15.4. The molecule has 0 unspecified atom stereocenters. The van der Waals surface area contributed by atoms with Crippen molar-refractivity contribution < 1.29 is 9.18 Å². The molecule has 4 aromatic rings. The van der Waals surface area contributed by atoms with Gasteiger partial charge in [-0.3, -0.25) is 14.2 Å². The third-order valence-electron chi connectivity index (χ3n) is 5.51. The van der Waals surface area contributed by atoms with Gasteiger partial charge in [-0.05, 0) is 48.9 Å². The highest BCUT2D eigenvalue weighted by molar-refractivity contribution is 7.21. The number of carbonyl (C=O) groups excluding carboxylic acids is 1. The molecule has 2 aromatic carbocycles. The van der Waals surface area contributed by atoms with E-state index in [0.717, 1.165) is 24.2 Å². The fourth-order valence-electron chi connectivity index (χ4n) is 3.70. The summed E-state index contributed by atoms with van der Waals surface area (Å²) >= 11 is 1.26. The maximum Gasteiger partial charge on any atom is 0.263 e. The Morgan fingerprint density at radius 1 is 1.12 bits per heavy atom. The molecule has 1 aliphatic heterocycles. The van der Waals surface area contributed by atoms with Crippen molar-refractivity contribution in [3.05, 3.63) is 87.3 Å². The second-order valence-corrected chi connectivity index (χ2v) is 8.78. The van der Waals surface area contributed by atoms with Crippen molar-refractivity contribution in [2.24, 2.45) is 0 Å². The Labute approximate surface area is 187 Å². The standard InChI is InChI=1S/C24H21FN4O2S/c1-14-11-15(7-9-19(14)25)27-21-18-8-10-20(30)29(17-5-3-2-4-6-17)24(18)32-22(21)23(31)28-16-12-26-13-16/h2-11,16,26-27H,12-13H2,1H3,(H,28,31). The average molecular weight is 449 g/mol. The number of halogens is 1. The first-order valence-corrected chi connectivity index (χ1v) is 11.1. The van der Waals surface area contributed by atoms with E-state index in [-0.39, 0.29) is 23.3 Å².